The van der Waals surface area contributed by atoms with Crippen molar-refractivity contribution >= 4 is 28.2 Å². The number of amides is 1. The molecule has 1 aromatic carbocycles. The normalized spacial score (nSPS) is 14.1. The molecule has 1 aliphatic heterocycles. The molecular formula is C20H25N3O4S. The summed E-state index contributed by atoms with van der Waals surface area (Å²) >= 11 is 1.63. The Balaban J connectivity index is 1.41. The number of Topliss-reactive ketones (excluding diaryl/α,β-unsaturated/α-hetero) is 1. The quantitative estimate of drug-likeness (QED) is 0.499. The van der Waals surface area contributed by atoms with Gasteiger partial charge in [-0.3, -0.25) is 9.59 Å². The lowest BCUT2D eigenvalue weighted by Crippen LogP contribution is -2.48. The van der Waals surface area contributed by atoms with Crippen molar-refractivity contribution < 1.29 is 19.1 Å². The third kappa shape index (κ3) is 5.01. The Hall–Kier alpha value is -2.61. The van der Waals surface area contributed by atoms with Gasteiger partial charge in [0.15, 0.2) is 22.4 Å². The fourth-order valence-electron chi connectivity index (χ4n) is 3.09. The van der Waals surface area contributed by atoms with Gasteiger partial charge in [0.25, 0.3) is 0 Å². The summed E-state index contributed by atoms with van der Waals surface area (Å²) in [5.74, 6) is 1.24. The molecular weight excluding hydrogens is 378 g/mol. The number of hydrogen-bond acceptors (Lipinski definition) is 7. The van der Waals surface area contributed by atoms with Gasteiger partial charge in [-0.05, 0) is 31.5 Å². The Bertz CT molecular complexity index is 802. The van der Waals surface area contributed by atoms with Gasteiger partial charge in [0.05, 0.1) is 13.7 Å². The SMILES string of the molecule is COc1cc(C(C)=O)ccc1OCCCC(=O)N1CCN(c2nccs2)CC1. The summed E-state index contributed by atoms with van der Waals surface area (Å²) in [5.41, 5.74) is 0.580. The summed E-state index contributed by atoms with van der Waals surface area (Å²) in [6, 6.07) is 5.12. The second-order valence-corrected chi connectivity index (χ2v) is 7.43. The summed E-state index contributed by atoms with van der Waals surface area (Å²) in [6.07, 6.45) is 2.88. The largest absolute Gasteiger partial charge is 0.493 e. The number of carbonyl (C=O) groups excluding carboxylic acids is 2. The number of rotatable bonds is 8. The minimum Gasteiger partial charge on any atom is -0.493 e. The lowest BCUT2D eigenvalue weighted by molar-refractivity contribution is -0.131. The van der Waals surface area contributed by atoms with Crippen LogP contribution in [-0.4, -0.2) is 61.5 Å². The van der Waals surface area contributed by atoms with E-state index in [1.54, 1.807) is 42.8 Å². The second kappa shape index (κ2) is 9.54. The van der Waals surface area contributed by atoms with E-state index in [2.05, 4.69) is 9.88 Å². The molecule has 0 unspecified atom stereocenters. The number of hydrogen-bond donors (Lipinski definition) is 0. The van der Waals surface area contributed by atoms with E-state index in [4.69, 9.17) is 9.47 Å². The topological polar surface area (TPSA) is 72.0 Å². The zero-order valence-electron chi connectivity index (χ0n) is 16.2. The molecule has 1 aliphatic rings. The zero-order chi connectivity index (χ0) is 19.9. The molecule has 0 bridgehead atoms. The fourth-order valence-corrected chi connectivity index (χ4v) is 3.79. The minimum atomic E-state index is -0.0228. The first-order valence-electron chi connectivity index (χ1n) is 9.32. The van der Waals surface area contributed by atoms with Crippen molar-refractivity contribution in [1.82, 2.24) is 9.88 Å². The Morgan fingerprint density at radius 2 is 1.96 bits per heavy atom. The third-order valence-corrected chi connectivity index (χ3v) is 5.52. The van der Waals surface area contributed by atoms with Crippen LogP contribution >= 0.6 is 11.3 Å². The predicted molar refractivity (Wildman–Crippen MR) is 109 cm³/mol. The molecule has 0 spiro atoms. The van der Waals surface area contributed by atoms with Crippen molar-refractivity contribution in [3.05, 3.63) is 35.3 Å². The molecule has 1 saturated heterocycles. The molecule has 150 valence electrons. The number of methoxy groups -OCH3 is 1. The number of carbonyl (C=O) groups is 2. The lowest BCUT2D eigenvalue weighted by atomic mass is 10.1. The van der Waals surface area contributed by atoms with Gasteiger partial charge in [0.1, 0.15) is 0 Å². The third-order valence-electron chi connectivity index (χ3n) is 4.68. The predicted octanol–water partition coefficient (Wildman–Crippen LogP) is 2.86. The van der Waals surface area contributed by atoms with Crippen LogP contribution in [0.25, 0.3) is 0 Å². The van der Waals surface area contributed by atoms with Crippen LogP contribution in [0.1, 0.15) is 30.1 Å². The molecule has 0 N–H and O–H groups in total. The lowest BCUT2D eigenvalue weighted by Gasteiger charge is -2.34. The maximum atomic E-state index is 12.4. The molecule has 0 atom stereocenters. The Labute approximate surface area is 168 Å². The zero-order valence-corrected chi connectivity index (χ0v) is 17.0. The van der Waals surface area contributed by atoms with Gasteiger partial charge in [-0.25, -0.2) is 4.98 Å². The van der Waals surface area contributed by atoms with E-state index >= 15 is 0 Å². The molecule has 2 aromatic rings. The van der Waals surface area contributed by atoms with E-state index in [1.165, 1.54) is 6.92 Å². The number of benzene rings is 1. The molecule has 0 saturated carbocycles. The van der Waals surface area contributed by atoms with Gasteiger partial charge in [-0.2, -0.15) is 0 Å². The van der Waals surface area contributed by atoms with E-state index in [0.717, 1.165) is 31.3 Å². The molecule has 7 nitrogen and oxygen atoms in total. The van der Waals surface area contributed by atoms with Gasteiger partial charge >= 0.3 is 0 Å². The van der Waals surface area contributed by atoms with E-state index in [1.807, 2.05) is 10.3 Å². The molecule has 28 heavy (non-hydrogen) atoms. The van der Waals surface area contributed by atoms with Gasteiger partial charge in [0, 0.05) is 49.7 Å². The van der Waals surface area contributed by atoms with Crippen LogP contribution in [0.5, 0.6) is 11.5 Å². The van der Waals surface area contributed by atoms with Gasteiger partial charge < -0.3 is 19.3 Å². The van der Waals surface area contributed by atoms with E-state index in [0.29, 0.717) is 36.5 Å². The number of nitrogens with zero attached hydrogens (tertiary/aromatic N) is 3. The fraction of sp³-hybridized carbons (Fsp3) is 0.450. The summed E-state index contributed by atoms with van der Waals surface area (Å²) < 4.78 is 11.0. The van der Waals surface area contributed by atoms with E-state index in [9.17, 15) is 9.59 Å². The summed E-state index contributed by atoms with van der Waals surface area (Å²) in [6.45, 7) is 5.00. The molecule has 0 aliphatic carbocycles. The highest BCUT2D eigenvalue weighted by Crippen LogP contribution is 2.28. The van der Waals surface area contributed by atoms with Crippen molar-refractivity contribution in [3.8, 4) is 11.5 Å². The number of piperazine rings is 1. The summed E-state index contributed by atoms with van der Waals surface area (Å²) in [5, 5.41) is 2.99. The number of anilines is 1. The standard InChI is InChI=1S/C20H25N3O4S/c1-15(24)16-5-6-17(18(14-16)26-2)27-12-3-4-19(25)22-8-10-23(11-9-22)20-21-7-13-28-20/h5-7,13-14H,3-4,8-12H2,1-2H3. The monoisotopic (exact) mass is 403 g/mol. The molecule has 3 rings (SSSR count). The highest BCUT2D eigenvalue weighted by atomic mass is 32.1. The van der Waals surface area contributed by atoms with E-state index < -0.39 is 0 Å². The van der Waals surface area contributed by atoms with Crippen molar-refractivity contribution in [2.24, 2.45) is 0 Å². The van der Waals surface area contributed by atoms with E-state index in [-0.39, 0.29) is 11.7 Å². The van der Waals surface area contributed by atoms with Crippen molar-refractivity contribution in [2.75, 3.05) is 44.8 Å². The molecule has 1 aromatic heterocycles. The maximum absolute atomic E-state index is 12.4. The highest BCUT2D eigenvalue weighted by Gasteiger charge is 2.22. The van der Waals surface area contributed by atoms with Gasteiger partial charge in [0.2, 0.25) is 5.91 Å². The highest BCUT2D eigenvalue weighted by molar-refractivity contribution is 7.13. The molecule has 0 radical (unpaired) electrons. The second-order valence-electron chi connectivity index (χ2n) is 6.56. The Morgan fingerprint density at radius 3 is 2.61 bits per heavy atom. The molecule has 1 amide bonds. The Morgan fingerprint density at radius 1 is 1.18 bits per heavy atom. The molecule has 1 fully saturated rings. The molecule has 8 heteroatoms. The van der Waals surface area contributed by atoms with Crippen molar-refractivity contribution in [3.63, 3.8) is 0 Å². The average molecular weight is 404 g/mol. The van der Waals surface area contributed by atoms with Crippen LogP contribution in [0.15, 0.2) is 29.8 Å². The maximum Gasteiger partial charge on any atom is 0.222 e. The first kappa shape index (κ1) is 20.1. The summed E-state index contributed by atoms with van der Waals surface area (Å²) in [4.78, 5) is 32.3. The van der Waals surface area contributed by atoms with Crippen LogP contribution in [0.2, 0.25) is 0 Å². The smallest absolute Gasteiger partial charge is 0.222 e. The van der Waals surface area contributed by atoms with Crippen LogP contribution in [-0.2, 0) is 4.79 Å². The first-order chi connectivity index (χ1) is 13.6. The number of aromatic nitrogens is 1. The summed E-state index contributed by atoms with van der Waals surface area (Å²) in [7, 11) is 1.54. The van der Waals surface area contributed by atoms with Gasteiger partial charge in [-0.15, -0.1) is 11.3 Å². The van der Waals surface area contributed by atoms with Gasteiger partial charge in [-0.1, -0.05) is 0 Å². The van der Waals surface area contributed by atoms with Crippen molar-refractivity contribution in [2.45, 2.75) is 19.8 Å². The number of thiazole rings is 1. The van der Waals surface area contributed by atoms with Crippen LogP contribution in [0.3, 0.4) is 0 Å². The number of ketones is 1. The average Bonchev–Trinajstić information content (AvgIpc) is 3.26. The first-order valence-corrected chi connectivity index (χ1v) is 10.2. The number of ether oxygens (including phenoxy) is 2. The Kier molecular flexibility index (Phi) is 6.86. The van der Waals surface area contributed by atoms with Crippen LogP contribution < -0.4 is 14.4 Å². The minimum absolute atomic E-state index is 0.0228. The van der Waals surface area contributed by atoms with Crippen LogP contribution in [0, 0.1) is 0 Å². The van der Waals surface area contributed by atoms with Crippen LogP contribution in [0.4, 0.5) is 5.13 Å². The molecule has 2 heterocycles. The van der Waals surface area contributed by atoms with Crippen molar-refractivity contribution in [1.29, 1.82) is 0 Å².